The lowest BCUT2D eigenvalue weighted by atomic mass is 10.3. The van der Waals surface area contributed by atoms with Gasteiger partial charge in [0.2, 0.25) is 0 Å². The van der Waals surface area contributed by atoms with Gasteiger partial charge in [0.15, 0.2) is 5.13 Å². The predicted octanol–water partition coefficient (Wildman–Crippen LogP) is 3.75. The lowest BCUT2D eigenvalue weighted by Crippen LogP contribution is -2.08. The molecule has 0 fully saturated rings. The number of nitrogens with zero attached hydrogens (tertiary/aromatic N) is 3. The second-order valence-electron chi connectivity index (χ2n) is 5.06. The molecule has 0 saturated heterocycles. The molecule has 4 nitrogen and oxygen atoms in total. The molecule has 0 aliphatic heterocycles. The van der Waals surface area contributed by atoms with Gasteiger partial charge in [-0.15, -0.1) is 0 Å². The van der Waals surface area contributed by atoms with Gasteiger partial charge in [0, 0.05) is 24.8 Å². The number of hydrogen-bond donors (Lipinski definition) is 1. The van der Waals surface area contributed by atoms with Crippen molar-refractivity contribution in [3.05, 3.63) is 41.5 Å². The van der Waals surface area contributed by atoms with Crippen molar-refractivity contribution in [3.63, 3.8) is 0 Å². The molecule has 0 aliphatic rings. The van der Waals surface area contributed by atoms with Gasteiger partial charge in [0.1, 0.15) is 5.82 Å². The maximum Gasteiger partial charge on any atom is 0.183 e. The van der Waals surface area contributed by atoms with Crippen LogP contribution in [0.4, 0.5) is 9.52 Å². The van der Waals surface area contributed by atoms with Crippen molar-refractivity contribution in [2.24, 2.45) is 0 Å². The maximum absolute atomic E-state index is 13.1. The maximum atomic E-state index is 13.1. The molecule has 0 saturated carbocycles. The molecule has 0 spiro atoms. The Bertz CT molecular complexity index is 762. The van der Waals surface area contributed by atoms with Gasteiger partial charge in [0.25, 0.3) is 0 Å². The molecule has 1 aromatic carbocycles. The van der Waals surface area contributed by atoms with Gasteiger partial charge in [-0.2, -0.15) is 5.10 Å². The minimum Gasteiger partial charge on any atom is -0.361 e. The van der Waals surface area contributed by atoms with Crippen LogP contribution in [0.2, 0.25) is 0 Å². The van der Waals surface area contributed by atoms with E-state index in [-0.39, 0.29) is 5.82 Å². The molecule has 0 atom stereocenters. The highest BCUT2D eigenvalue weighted by Gasteiger charge is 2.05. The Morgan fingerprint density at radius 1 is 1.29 bits per heavy atom. The van der Waals surface area contributed by atoms with Crippen LogP contribution >= 0.6 is 11.3 Å². The average Bonchev–Trinajstić information content (AvgIpc) is 2.97. The van der Waals surface area contributed by atoms with E-state index in [1.54, 1.807) is 17.4 Å². The Hall–Kier alpha value is -1.95. The Morgan fingerprint density at radius 2 is 2.14 bits per heavy atom. The number of rotatable bonds is 5. The largest absolute Gasteiger partial charge is 0.361 e. The molecule has 110 valence electrons. The third kappa shape index (κ3) is 3.21. The molecule has 3 aromatic rings. The first-order valence-corrected chi connectivity index (χ1v) is 7.74. The number of anilines is 1. The van der Waals surface area contributed by atoms with Crippen molar-refractivity contribution in [3.8, 4) is 0 Å². The first-order valence-electron chi connectivity index (χ1n) is 6.93. The van der Waals surface area contributed by atoms with Crippen molar-refractivity contribution < 1.29 is 4.39 Å². The summed E-state index contributed by atoms with van der Waals surface area (Å²) in [6.45, 7) is 5.77. The lowest BCUT2D eigenvalue weighted by Gasteiger charge is -2.05. The highest BCUT2D eigenvalue weighted by atomic mass is 32.1. The van der Waals surface area contributed by atoms with E-state index in [1.165, 1.54) is 17.8 Å². The molecule has 0 amide bonds. The van der Waals surface area contributed by atoms with E-state index in [1.807, 2.05) is 11.6 Å². The molecule has 3 rings (SSSR count). The SMILES string of the molecule is Cc1cc(C)n(CCCNc2nc3cc(F)ccc3s2)n1. The fraction of sp³-hybridized carbons (Fsp3) is 0.333. The van der Waals surface area contributed by atoms with E-state index in [2.05, 4.69) is 28.4 Å². The average molecular weight is 304 g/mol. The van der Waals surface area contributed by atoms with Crippen LogP contribution in [0.15, 0.2) is 24.3 Å². The summed E-state index contributed by atoms with van der Waals surface area (Å²) in [6, 6.07) is 6.78. The fourth-order valence-corrected chi connectivity index (χ4v) is 3.17. The van der Waals surface area contributed by atoms with Crippen molar-refractivity contribution >= 4 is 26.7 Å². The van der Waals surface area contributed by atoms with Crippen molar-refractivity contribution in [1.82, 2.24) is 14.8 Å². The molecule has 0 unspecified atom stereocenters. The number of thiazole rings is 1. The predicted molar refractivity (Wildman–Crippen MR) is 84.4 cm³/mol. The number of halogens is 1. The fourth-order valence-electron chi connectivity index (χ4n) is 2.30. The minimum atomic E-state index is -0.246. The van der Waals surface area contributed by atoms with E-state index in [0.717, 1.165) is 35.0 Å². The summed E-state index contributed by atoms with van der Waals surface area (Å²) in [6.07, 6.45) is 0.965. The topological polar surface area (TPSA) is 42.7 Å². The van der Waals surface area contributed by atoms with Crippen LogP contribution in [0.5, 0.6) is 0 Å². The van der Waals surface area contributed by atoms with Gasteiger partial charge >= 0.3 is 0 Å². The first-order chi connectivity index (χ1) is 10.1. The second-order valence-corrected chi connectivity index (χ2v) is 6.09. The molecular formula is C15H17FN4S. The quantitative estimate of drug-likeness (QED) is 0.730. The van der Waals surface area contributed by atoms with Crippen LogP contribution in [-0.2, 0) is 6.54 Å². The number of nitrogens with one attached hydrogen (secondary N) is 1. The summed E-state index contributed by atoms with van der Waals surface area (Å²) in [7, 11) is 0. The highest BCUT2D eigenvalue weighted by molar-refractivity contribution is 7.22. The molecule has 0 radical (unpaired) electrons. The lowest BCUT2D eigenvalue weighted by molar-refractivity contribution is 0.573. The normalized spacial score (nSPS) is 11.2. The highest BCUT2D eigenvalue weighted by Crippen LogP contribution is 2.26. The van der Waals surface area contributed by atoms with Crippen LogP contribution in [0.1, 0.15) is 17.8 Å². The third-order valence-electron chi connectivity index (χ3n) is 3.28. The van der Waals surface area contributed by atoms with Crippen LogP contribution in [0.25, 0.3) is 10.2 Å². The Kier molecular flexibility index (Phi) is 3.88. The summed E-state index contributed by atoms with van der Waals surface area (Å²) < 4.78 is 16.1. The molecular weight excluding hydrogens is 287 g/mol. The summed E-state index contributed by atoms with van der Waals surface area (Å²) in [5.41, 5.74) is 2.94. The Morgan fingerprint density at radius 3 is 2.90 bits per heavy atom. The zero-order chi connectivity index (χ0) is 14.8. The minimum absolute atomic E-state index is 0.246. The molecule has 21 heavy (non-hydrogen) atoms. The molecule has 1 N–H and O–H groups in total. The van der Waals surface area contributed by atoms with Crippen LogP contribution in [-0.4, -0.2) is 21.3 Å². The van der Waals surface area contributed by atoms with Crippen molar-refractivity contribution in [1.29, 1.82) is 0 Å². The van der Waals surface area contributed by atoms with Gasteiger partial charge in [-0.3, -0.25) is 4.68 Å². The summed E-state index contributed by atoms with van der Waals surface area (Å²) >= 11 is 1.55. The number of aryl methyl sites for hydroxylation is 3. The number of aromatic nitrogens is 3. The molecule has 2 heterocycles. The number of hydrogen-bond acceptors (Lipinski definition) is 4. The first kappa shape index (κ1) is 14.0. The second kappa shape index (κ2) is 5.81. The van der Waals surface area contributed by atoms with E-state index >= 15 is 0 Å². The van der Waals surface area contributed by atoms with Crippen LogP contribution in [0.3, 0.4) is 0 Å². The van der Waals surface area contributed by atoms with E-state index in [0.29, 0.717) is 5.52 Å². The van der Waals surface area contributed by atoms with Gasteiger partial charge in [-0.05, 0) is 38.5 Å². The zero-order valence-electron chi connectivity index (χ0n) is 12.1. The third-order valence-corrected chi connectivity index (χ3v) is 4.27. The van der Waals surface area contributed by atoms with E-state index in [4.69, 9.17) is 0 Å². The van der Waals surface area contributed by atoms with Gasteiger partial charge < -0.3 is 5.32 Å². The van der Waals surface area contributed by atoms with E-state index < -0.39 is 0 Å². The molecule has 2 aromatic heterocycles. The molecule has 0 bridgehead atoms. The van der Waals surface area contributed by atoms with Gasteiger partial charge in [-0.25, -0.2) is 9.37 Å². The van der Waals surface area contributed by atoms with Crippen molar-refractivity contribution in [2.75, 3.05) is 11.9 Å². The van der Waals surface area contributed by atoms with Crippen LogP contribution < -0.4 is 5.32 Å². The molecule has 6 heteroatoms. The summed E-state index contributed by atoms with van der Waals surface area (Å²) in [5.74, 6) is -0.246. The Balaban J connectivity index is 1.55. The summed E-state index contributed by atoms with van der Waals surface area (Å²) in [5, 5.41) is 8.56. The summed E-state index contributed by atoms with van der Waals surface area (Å²) in [4.78, 5) is 4.38. The smallest absolute Gasteiger partial charge is 0.183 e. The van der Waals surface area contributed by atoms with Crippen LogP contribution in [0, 0.1) is 19.7 Å². The standard InChI is InChI=1S/C15H17FN4S/c1-10-8-11(2)20(19-10)7-3-6-17-15-18-13-9-12(16)4-5-14(13)21-15/h4-5,8-9H,3,6-7H2,1-2H3,(H,17,18). The van der Waals surface area contributed by atoms with Gasteiger partial charge in [0.05, 0.1) is 15.9 Å². The van der Waals surface area contributed by atoms with E-state index in [9.17, 15) is 4.39 Å². The molecule has 0 aliphatic carbocycles. The number of fused-ring (bicyclic) bond motifs is 1. The van der Waals surface area contributed by atoms with Crippen molar-refractivity contribution in [2.45, 2.75) is 26.8 Å². The zero-order valence-corrected chi connectivity index (χ0v) is 12.9. The monoisotopic (exact) mass is 304 g/mol. The Labute approximate surface area is 126 Å². The number of benzene rings is 1. The van der Waals surface area contributed by atoms with Gasteiger partial charge in [-0.1, -0.05) is 11.3 Å².